The molecular formula is C20H22N2. The maximum atomic E-state index is 4.62. The van der Waals surface area contributed by atoms with E-state index in [4.69, 9.17) is 0 Å². The van der Waals surface area contributed by atoms with E-state index in [0.717, 1.165) is 13.0 Å². The van der Waals surface area contributed by atoms with Crippen molar-refractivity contribution in [2.75, 3.05) is 0 Å². The molecule has 0 saturated carbocycles. The van der Waals surface area contributed by atoms with Crippen molar-refractivity contribution in [3.8, 4) is 0 Å². The highest BCUT2D eigenvalue weighted by Gasteiger charge is 2.36. The summed E-state index contributed by atoms with van der Waals surface area (Å²) in [5.41, 5.74) is 5.26. The van der Waals surface area contributed by atoms with Gasteiger partial charge in [-0.15, -0.1) is 0 Å². The zero-order chi connectivity index (χ0) is 14.9. The molecule has 1 aromatic carbocycles. The van der Waals surface area contributed by atoms with E-state index in [2.05, 4.69) is 65.3 Å². The van der Waals surface area contributed by atoms with Crippen LogP contribution in [-0.2, 0) is 6.54 Å². The Kier molecular flexibility index (Phi) is 3.55. The second kappa shape index (κ2) is 5.69. The van der Waals surface area contributed by atoms with Crippen LogP contribution >= 0.6 is 0 Å². The molecule has 2 bridgehead atoms. The topological polar surface area (TPSA) is 16.1 Å². The van der Waals surface area contributed by atoms with E-state index in [9.17, 15) is 0 Å². The molecule has 22 heavy (non-hydrogen) atoms. The first kappa shape index (κ1) is 13.7. The molecule has 2 atom stereocenters. The van der Waals surface area contributed by atoms with Crippen LogP contribution in [0, 0.1) is 6.92 Å². The molecule has 0 amide bonds. The van der Waals surface area contributed by atoms with Gasteiger partial charge in [0.2, 0.25) is 0 Å². The summed E-state index contributed by atoms with van der Waals surface area (Å²) in [5, 5.41) is 0. The molecule has 1 fully saturated rings. The number of nitrogens with zero attached hydrogens (tertiary/aromatic N) is 2. The van der Waals surface area contributed by atoms with E-state index in [1.54, 1.807) is 0 Å². The summed E-state index contributed by atoms with van der Waals surface area (Å²) in [5.74, 6) is 0. The SMILES string of the molecule is Cc1ccc(C2=CC3CCC(C2)N3Cc2ccccc2)nc1. The van der Waals surface area contributed by atoms with Crippen LogP contribution in [0.5, 0.6) is 0 Å². The molecule has 0 N–H and O–H groups in total. The van der Waals surface area contributed by atoms with Gasteiger partial charge in [-0.1, -0.05) is 42.5 Å². The monoisotopic (exact) mass is 290 g/mol. The number of fused-ring (bicyclic) bond motifs is 2. The molecule has 1 aromatic heterocycles. The normalized spacial score (nSPS) is 24.3. The Hall–Kier alpha value is -1.93. The quantitative estimate of drug-likeness (QED) is 0.842. The van der Waals surface area contributed by atoms with Crippen molar-refractivity contribution in [2.24, 2.45) is 0 Å². The molecule has 0 radical (unpaired) electrons. The number of hydrogen-bond acceptors (Lipinski definition) is 2. The first-order chi connectivity index (χ1) is 10.8. The Morgan fingerprint density at radius 2 is 1.95 bits per heavy atom. The summed E-state index contributed by atoms with van der Waals surface area (Å²) in [4.78, 5) is 7.29. The van der Waals surface area contributed by atoms with Gasteiger partial charge in [0.25, 0.3) is 0 Å². The van der Waals surface area contributed by atoms with E-state index in [1.165, 1.54) is 35.2 Å². The van der Waals surface area contributed by atoms with Crippen LogP contribution < -0.4 is 0 Å². The maximum Gasteiger partial charge on any atom is 0.0659 e. The molecule has 2 aliphatic rings. The average molecular weight is 290 g/mol. The highest BCUT2D eigenvalue weighted by Crippen LogP contribution is 2.38. The molecular weight excluding hydrogens is 268 g/mol. The minimum Gasteiger partial charge on any atom is -0.289 e. The van der Waals surface area contributed by atoms with Crippen molar-refractivity contribution >= 4 is 5.57 Å². The molecule has 0 aliphatic carbocycles. The van der Waals surface area contributed by atoms with Gasteiger partial charge in [0.05, 0.1) is 5.69 Å². The van der Waals surface area contributed by atoms with Crippen molar-refractivity contribution in [3.63, 3.8) is 0 Å². The Bertz CT molecular complexity index is 673. The van der Waals surface area contributed by atoms with Crippen molar-refractivity contribution in [1.29, 1.82) is 0 Å². The summed E-state index contributed by atoms with van der Waals surface area (Å²) < 4.78 is 0. The highest BCUT2D eigenvalue weighted by atomic mass is 15.2. The first-order valence-electron chi connectivity index (χ1n) is 8.23. The van der Waals surface area contributed by atoms with E-state index in [0.29, 0.717) is 12.1 Å². The second-order valence-corrected chi connectivity index (χ2v) is 6.57. The van der Waals surface area contributed by atoms with Gasteiger partial charge >= 0.3 is 0 Å². The fraction of sp³-hybridized carbons (Fsp3) is 0.350. The molecule has 2 aromatic rings. The minimum absolute atomic E-state index is 0.581. The lowest BCUT2D eigenvalue weighted by Crippen LogP contribution is -2.37. The number of benzene rings is 1. The molecule has 0 spiro atoms. The molecule has 112 valence electrons. The van der Waals surface area contributed by atoms with Crippen LogP contribution in [0.2, 0.25) is 0 Å². The third-order valence-electron chi connectivity index (χ3n) is 4.99. The lowest BCUT2D eigenvalue weighted by molar-refractivity contribution is 0.203. The molecule has 2 nitrogen and oxygen atoms in total. The molecule has 2 unspecified atom stereocenters. The number of aromatic nitrogens is 1. The standard InChI is InChI=1S/C20H22N2/c1-15-7-10-20(21-13-15)17-11-18-8-9-19(12-17)22(18)14-16-5-3-2-4-6-16/h2-7,10-11,13,18-19H,8-9,12,14H2,1H3. The molecule has 2 aliphatic heterocycles. The number of pyridine rings is 1. The van der Waals surface area contributed by atoms with Crippen LogP contribution in [0.1, 0.15) is 36.1 Å². The molecule has 3 heterocycles. The van der Waals surface area contributed by atoms with Gasteiger partial charge in [0.15, 0.2) is 0 Å². The first-order valence-corrected chi connectivity index (χ1v) is 8.23. The zero-order valence-electron chi connectivity index (χ0n) is 13.1. The summed E-state index contributed by atoms with van der Waals surface area (Å²) in [6, 6.07) is 16.4. The van der Waals surface area contributed by atoms with Crippen molar-refractivity contribution in [2.45, 2.75) is 44.8 Å². The van der Waals surface area contributed by atoms with Gasteiger partial charge in [0.1, 0.15) is 0 Å². The summed E-state index contributed by atoms with van der Waals surface area (Å²) >= 11 is 0. The summed E-state index contributed by atoms with van der Waals surface area (Å²) in [6.07, 6.45) is 8.17. The van der Waals surface area contributed by atoms with Crippen LogP contribution in [-0.4, -0.2) is 22.0 Å². The third-order valence-corrected chi connectivity index (χ3v) is 4.99. The largest absolute Gasteiger partial charge is 0.289 e. The van der Waals surface area contributed by atoms with Crippen LogP contribution in [0.15, 0.2) is 54.7 Å². The van der Waals surface area contributed by atoms with Crippen molar-refractivity contribution in [1.82, 2.24) is 9.88 Å². The van der Waals surface area contributed by atoms with Gasteiger partial charge < -0.3 is 0 Å². The lowest BCUT2D eigenvalue weighted by Gasteiger charge is -2.34. The Morgan fingerprint density at radius 1 is 1.09 bits per heavy atom. The third kappa shape index (κ3) is 2.59. The van der Waals surface area contributed by atoms with Gasteiger partial charge in [-0.25, -0.2) is 0 Å². The average Bonchev–Trinajstić information content (AvgIpc) is 2.79. The van der Waals surface area contributed by atoms with Gasteiger partial charge in [-0.2, -0.15) is 0 Å². The Morgan fingerprint density at radius 3 is 2.68 bits per heavy atom. The predicted molar refractivity (Wildman–Crippen MR) is 90.4 cm³/mol. The highest BCUT2D eigenvalue weighted by molar-refractivity contribution is 5.65. The fourth-order valence-corrected chi connectivity index (χ4v) is 3.81. The van der Waals surface area contributed by atoms with Gasteiger partial charge in [0, 0.05) is 24.8 Å². The summed E-state index contributed by atoms with van der Waals surface area (Å²) in [7, 11) is 0. The van der Waals surface area contributed by atoms with E-state index < -0.39 is 0 Å². The van der Waals surface area contributed by atoms with Crippen LogP contribution in [0.3, 0.4) is 0 Å². The number of hydrogen-bond donors (Lipinski definition) is 0. The Balaban J connectivity index is 1.56. The number of aryl methyl sites for hydroxylation is 1. The lowest BCUT2D eigenvalue weighted by atomic mass is 9.97. The zero-order valence-corrected chi connectivity index (χ0v) is 13.1. The smallest absolute Gasteiger partial charge is 0.0659 e. The minimum atomic E-state index is 0.581. The fourth-order valence-electron chi connectivity index (χ4n) is 3.81. The molecule has 2 heteroatoms. The van der Waals surface area contributed by atoms with Gasteiger partial charge in [-0.05, 0) is 49.0 Å². The van der Waals surface area contributed by atoms with E-state index in [-0.39, 0.29) is 0 Å². The summed E-state index contributed by atoms with van der Waals surface area (Å²) in [6.45, 7) is 3.17. The Labute approximate surface area is 132 Å². The van der Waals surface area contributed by atoms with Crippen LogP contribution in [0.4, 0.5) is 0 Å². The molecule has 4 rings (SSSR count). The predicted octanol–water partition coefficient (Wildman–Crippen LogP) is 4.21. The second-order valence-electron chi connectivity index (χ2n) is 6.57. The van der Waals surface area contributed by atoms with Crippen molar-refractivity contribution < 1.29 is 0 Å². The molecule has 1 saturated heterocycles. The maximum absolute atomic E-state index is 4.62. The van der Waals surface area contributed by atoms with Gasteiger partial charge in [-0.3, -0.25) is 9.88 Å². The van der Waals surface area contributed by atoms with E-state index in [1.807, 2.05) is 6.20 Å². The number of rotatable bonds is 3. The van der Waals surface area contributed by atoms with Crippen molar-refractivity contribution in [3.05, 3.63) is 71.6 Å². The van der Waals surface area contributed by atoms with E-state index >= 15 is 0 Å². The van der Waals surface area contributed by atoms with Crippen LogP contribution in [0.25, 0.3) is 5.57 Å².